The van der Waals surface area contributed by atoms with Crippen molar-refractivity contribution in [2.45, 2.75) is 6.92 Å². The van der Waals surface area contributed by atoms with Gasteiger partial charge >= 0.3 is 0 Å². The molecule has 98 valence electrons. The molecule has 8 heteroatoms. The average Bonchev–Trinajstić information content (AvgIpc) is 2.72. The molecular formula is C10H16N6OS. The van der Waals surface area contributed by atoms with Crippen molar-refractivity contribution < 1.29 is 4.74 Å². The van der Waals surface area contributed by atoms with Crippen LogP contribution in [-0.4, -0.2) is 43.5 Å². The third-order valence-corrected chi connectivity index (χ3v) is 3.60. The second kappa shape index (κ2) is 5.78. The maximum Gasteiger partial charge on any atom is 0.211 e. The highest BCUT2D eigenvalue weighted by Gasteiger charge is 2.16. The van der Waals surface area contributed by atoms with Gasteiger partial charge in [0, 0.05) is 13.1 Å². The van der Waals surface area contributed by atoms with Gasteiger partial charge in [-0.3, -0.25) is 0 Å². The fraction of sp³-hybridized carbons (Fsp3) is 0.500. The molecule has 1 aliphatic rings. The number of thiazole rings is 1. The second-order valence-electron chi connectivity index (χ2n) is 3.81. The highest BCUT2D eigenvalue weighted by molar-refractivity contribution is 7.17. The summed E-state index contributed by atoms with van der Waals surface area (Å²) in [7, 11) is 0. The number of ether oxygens (including phenoxy) is 1. The minimum atomic E-state index is -0.0539. The maximum absolute atomic E-state index is 5.31. The molecule has 4 N–H and O–H groups in total. The van der Waals surface area contributed by atoms with Gasteiger partial charge in [0.25, 0.3) is 0 Å². The Bertz CT molecular complexity index is 459. The van der Waals surface area contributed by atoms with E-state index in [0.717, 1.165) is 42.0 Å². The lowest BCUT2D eigenvalue weighted by atomic mass is 10.4. The van der Waals surface area contributed by atoms with Gasteiger partial charge in [0.2, 0.25) is 5.96 Å². The minimum absolute atomic E-state index is 0.0539. The highest BCUT2D eigenvalue weighted by atomic mass is 32.1. The first kappa shape index (κ1) is 12.8. The fourth-order valence-electron chi connectivity index (χ4n) is 1.55. The van der Waals surface area contributed by atoms with E-state index in [1.165, 1.54) is 0 Å². The third kappa shape index (κ3) is 3.17. The third-order valence-electron chi connectivity index (χ3n) is 2.45. The van der Waals surface area contributed by atoms with E-state index in [0.29, 0.717) is 0 Å². The van der Waals surface area contributed by atoms with Crippen LogP contribution in [0.2, 0.25) is 0 Å². The first-order valence-corrected chi connectivity index (χ1v) is 6.40. The number of morpholine rings is 1. The lowest BCUT2D eigenvalue weighted by Crippen LogP contribution is -2.36. The number of aromatic nitrogens is 1. The Kier molecular flexibility index (Phi) is 4.11. The summed E-state index contributed by atoms with van der Waals surface area (Å²) in [6, 6.07) is 0. The quantitative estimate of drug-likeness (QED) is 0.452. The van der Waals surface area contributed by atoms with Crippen LogP contribution in [0.3, 0.4) is 0 Å². The van der Waals surface area contributed by atoms with Crippen LogP contribution >= 0.6 is 11.3 Å². The van der Waals surface area contributed by atoms with Crippen LogP contribution in [0.5, 0.6) is 0 Å². The Morgan fingerprint density at radius 1 is 1.44 bits per heavy atom. The second-order valence-corrected chi connectivity index (χ2v) is 4.82. The van der Waals surface area contributed by atoms with Gasteiger partial charge in [-0.05, 0) is 6.92 Å². The largest absolute Gasteiger partial charge is 0.378 e. The van der Waals surface area contributed by atoms with Crippen molar-refractivity contribution in [3.63, 3.8) is 0 Å². The number of anilines is 1. The van der Waals surface area contributed by atoms with Crippen molar-refractivity contribution in [2.75, 3.05) is 31.2 Å². The molecule has 0 aromatic carbocycles. The van der Waals surface area contributed by atoms with Gasteiger partial charge in [-0.15, -0.1) is 5.10 Å². The molecule has 0 saturated carbocycles. The molecule has 0 radical (unpaired) electrons. The average molecular weight is 268 g/mol. The normalized spacial score (nSPS) is 16.2. The van der Waals surface area contributed by atoms with Crippen molar-refractivity contribution in [3.05, 3.63) is 10.6 Å². The Balaban J connectivity index is 2.11. The van der Waals surface area contributed by atoms with Gasteiger partial charge in [0.15, 0.2) is 5.13 Å². The van der Waals surface area contributed by atoms with Crippen molar-refractivity contribution in [3.8, 4) is 0 Å². The molecule has 1 aliphatic heterocycles. The van der Waals surface area contributed by atoms with E-state index in [9.17, 15) is 0 Å². The number of guanidine groups is 1. The van der Waals surface area contributed by atoms with E-state index in [1.807, 2.05) is 6.92 Å². The van der Waals surface area contributed by atoms with E-state index in [1.54, 1.807) is 17.6 Å². The summed E-state index contributed by atoms with van der Waals surface area (Å²) in [6.45, 7) is 5.18. The molecule has 0 aliphatic carbocycles. The van der Waals surface area contributed by atoms with Crippen LogP contribution in [0.1, 0.15) is 10.6 Å². The van der Waals surface area contributed by atoms with Crippen LogP contribution in [0.25, 0.3) is 0 Å². The molecule has 0 unspecified atom stereocenters. The molecule has 18 heavy (non-hydrogen) atoms. The molecule has 0 bridgehead atoms. The van der Waals surface area contributed by atoms with Crippen LogP contribution in [0.15, 0.2) is 10.2 Å². The topological polar surface area (TPSA) is 102 Å². The summed E-state index contributed by atoms with van der Waals surface area (Å²) >= 11 is 1.58. The SMILES string of the molecule is Cc1nc(N2CCOCC2)sc1/C=N/N=C(N)N. The van der Waals surface area contributed by atoms with E-state index in [2.05, 4.69) is 20.1 Å². The van der Waals surface area contributed by atoms with Crippen molar-refractivity contribution >= 4 is 28.6 Å². The summed E-state index contributed by atoms with van der Waals surface area (Å²) in [5, 5.41) is 8.36. The van der Waals surface area contributed by atoms with Crippen molar-refractivity contribution in [2.24, 2.45) is 21.7 Å². The first-order chi connectivity index (χ1) is 8.66. The predicted octanol–water partition coefficient (Wildman–Crippen LogP) is -0.105. The maximum atomic E-state index is 5.31. The zero-order valence-corrected chi connectivity index (χ0v) is 11.0. The standard InChI is InChI=1S/C10H16N6OS/c1-7-8(6-13-15-9(11)12)18-10(14-7)16-2-4-17-5-3-16/h6H,2-5H2,1H3,(H4,11,12,15)/b13-6+. The summed E-state index contributed by atoms with van der Waals surface area (Å²) in [4.78, 5) is 7.69. The molecule has 7 nitrogen and oxygen atoms in total. The lowest BCUT2D eigenvalue weighted by Gasteiger charge is -2.25. The molecule has 1 aromatic heterocycles. The molecule has 1 aromatic rings. The van der Waals surface area contributed by atoms with E-state index in [-0.39, 0.29) is 5.96 Å². The van der Waals surface area contributed by atoms with E-state index >= 15 is 0 Å². The van der Waals surface area contributed by atoms with Gasteiger partial charge in [-0.25, -0.2) is 4.98 Å². The van der Waals surface area contributed by atoms with Crippen molar-refractivity contribution in [1.82, 2.24) is 4.98 Å². The van der Waals surface area contributed by atoms with Gasteiger partial charge in [0.1, 0.15) is 0 Å². The number of nitrogens with zero attached hydrogens (tertiary/aromatic N) is 4. The van der Waals surface area contributed by atoms with Crippen molar-refractivity contribution in [1.29, 1.82) is 0 Å². The molecule has 0 spiro atoms. The molecule has 0 atom stereocenters. The Labute approximate surface area is 109 Å². The minimum Gasteiger partial charge on any atom is -0.378 e. The summed E-state index contributed by atoms with van der Waals surface area (Å²) in [5.74, 6) is -0.0539. The van der Waals surface area contributed by atoms with Crippen LogP contribution in [0, 0.1) is 6.92 Å². The number of nitrogens with two attached hydrogens (primary N) is 2. The van der Waals surface area contributed by atoms with Crippen LogP contribution in [0.4, 0.5) is 5.13 Å². The monoisotopic (exact) mass is 268 g/mol. The highest BCUT2D eigenvalue weighted by Crippen LogP contribution is 2.25. The molecule has 2 rings (SSSR count). The smallest absolute Gasteiger partial charge is 0.211 e. The molecule has 1 saturated heterocycles. The van der Waals surface area contributed by atoms with Gasteiger partial charge < -0.3 is 21.1 Å². The van der Waals surface area contributed by atoms with Crippen LogP contribution in [-0.2, 0) is 4.74 Å². The molecule has 2 heterocycles. The Morgan fingerprint density at radius 3 is 2.83 bits per heavy atom. The summed E-state index contributed by atoms with van der Waals surface area (Å²) in [6.07, 6.45) is 1.62. The van der Waals surface area contributed by atoms with E-state index < -0.39 is 0 Å². The zero-order valence-electron chi connectivity index (χ0n) is 10.2. The number of hydrogen-bond acceptors (Lipinski definition) is 6. The molecular weight excluding hydrogens is 252 g/mol. The predicted molar refractivity (Wildman–Crippen MR) is 73.3 cm³/mol. The number of hydrogen-bond donors (Lipinski definition) is 2. The zero-order chi connectivity index (χ0) is 13.0. The van der Waals surface area contributed by atoms with Gasteiger partial charge in [0.05, 0.1) is 30.0 Å². The van der Waals surface area contributed by atoms with Gasteiger partial charge in [-0.2, -0.15) is 5.10 Å². The van der Waals surface area contributed by atoms with Gasteiger partial charge in [-0.1, -0.05) is 11.3 Å². The molecule has 0 amide bonds. The van der Waals surface area contributed by atoms with E-state index in [4.69, 9.17) is 16.2 Å². The molecule has 1 fully saturated rings. The fourth-order valence-corrected chi connectivity index (χ4v) is 2.54. The Hall–Kier alpha value is -1.67. The number of rotatable bonds is 3. The summed E-state index contributed by atoms with van der Waals surface area (Å²) < 4.78 is 5.31. The lowest BCUT2D eigenvalue weighted by molar-refractivity contribution is 0.122. The first-order valence-electron chi connectivity index (χ1n) is 5.59. The number of aryl methyl sites for hydroxylation is 1. The van der Waals surface area contributed by atoms with Crippen LogP contribution < -0.4 is 16.4 Å². The summed E-state index contributed by atoms with van der Waals surface area (Å²) in [5.41, 5.74) is 11.3. The Morgan fingerprint density at radius 2 is 2.17 bits per heavy atom.